The number of ether oxygens (including phenoxy) is 2. The second kappa shape index (κ2) is 8.40. The predicted octanol–water partition coefficient (Wildman–Crippen LogP) is 1.05. The lowest BCUT2D eigenvalue weighted by Crippen LogP contribution is -2.31. The molecule has 0 fully saturated rings. The number of aliphatic hydroxyl groups is 1. The van der Waals surface area contributed by atoms with Gasteiger partial charge < -0.3 is 19.9 Å². The first-order valence-electron chi connectivity index (χ1n) is 5.85. The summed E-state index contributed by atoms with van der Waals surface area (Å²) < 4.78 is 10.5. The highest BCUT2D eigenvalue weighted by Gasteiger charge is 2.05. The van der Waals surface area contributed by atoms with Crippen LogP contribution >= 0.6 is 0 Å². The molecule has 0 aliphatic rings. The van der Waals surface area contributed by atoms with Crippen molar-refractivity contribution in [3.8, 4) is 23.8 Å². The molecule has 0 saturated carbocycles. The smallest absolute Gasteiger partial charge is 0.123 e. The zero-order chi connectivity index (χ0) is 13.2. The van der Waals surface area contributed by atoms with Gasteiger partial charge in [0.15, 0.2) is 0 Å². The summed E-state index contributed by atoms with van der Waals surface area (Å²) in [5.74, 6) is 3.93. The first-order valence-corrected chi connectivity index (χ1v) is 5.85. The predicted molar refractivity (Wildman–Crippen MR) is 70.8 cm³/mol. The van der Waals surface area contributed by atoms with Gasteiger partial charge in [-0.1, -0.05) is 6.07 Å². The van der Waals surface area contributed by atoms with Crippen molar-refractivity contribution in [3.05, 3.63) is 24.3 Å². The molecule has 4 nitrogen and oxygen atoms in total. The Morgan fingerprint density at radius 1 is 1.44 bits per heavy atom. The average molecular weight is 249 g/mol. The molecule has 0 amide bonds. The van der Waals surface area contributed by atoms with E-state index in [0.717, 1.165) is 5.75 Å². The Kier molecular flexibility index (Phi) is 6.70. The number of aliphatic hydroxyl groups excluding tert-OH is 1. The fraction of sp³-hybridized carbons (Fsp3) is 0.429. The van der Waals surface area contributed by atoms with Gasteiger partial charge in [-0.05, 0) is 12.1 Å². The normalized spacial score (nSPS) is 11.6. The monoisotopic (exact) mass is 249 g/mol. The molecule has 0 heterocycles. The Hall–Kier alpha value is -1.70. The van der Waals surface area contributed by atoms with Crippen LogP contribution in [0.25, 0.3) is 0 Å². The molecule has 98 valence electrons. The molecule has 1 unspecified atom stereocenters. The van der Waals surface area contributed by atoms with Crippen molar-refractivity contribution in [2.75, 3.05) is 26.8 Å². The summed E-state index contributed by atoms with van der Waals surface area (Å²) in [5.41, 5.74) is 0. The van der Waals surface area contributed by atoms with Crippen LogP contribution in [-0.2, 0) is 0 Å². The largest absolute Gasteiger partial charge is 0.497 e. The van der Waals surface area contributed by atoms with Crippen LogP contribution in [0.1, 0.15) is 6.42 Å². The summed E-state index contributed by atoms with van der Waals surface area (Å²) >= 11 is 0. The van der Waals surface area contributed by atoms with E-state index in [1.165, 1.54) is 0 Å². The number of terminal acetylenes is 1. The Labute approximate surface area is 108 Å². The van der Waals surface area contributed by atoms with Gasteiger partial charge >= 0.3 is 0 Å². The second-order valence-corrected chi connectivity index (χ2v) is 3.80. The number of methoxy groups -OCH3 is 1. The molecular weight excluding hydrogens is 230 g/mol. The Bertz CT molecular complexity index is 387. The zero-order valence-electron chi connectivity index (χ0n) is 10.6. The number of hydrogen-bond acceptors (Lipinski definition) is 4. The molecule has 1 atom stereocenters. The number of hydrogen-bond donors (Lipinski definition) is 2. The van der Waals surface area contributed by atoms with Crippen molar-refractivity contribution in [2.24, 2.45) is 0 Å². The standard InChI is InChI=1S/C14H19NO3/c1-3-4-8-15-10-12(16)11-18-14-7-5-6-13(9-14)17-2/h1,5-7,9,12,15-16H,4,8,10-11H2,2H3. The molecule has 1 aromatic carbocycles. The molecule has 1 rings (SSSR count). The van der Waals surface area contributed by atoms with Gasteiger partial charge in [-0.15, -0.1) is 12.3 Å². The van der Waals surface area contributed by atoms with Crippen LogP contribution in [0.5, 0.6) is 11.5 Å². The molecule has 0 aromatic heterocycles. The van der Waals surface area contributed by atoms with E-state index in [2.05, 4.69) is 11.2 Å². The summed E-state index contributed by atoms with van der Waals surface area (Å²) in [4.78, 5) is 0. The second-order valence-electron chi connectivity index (χ2n) is 3.80. The van der Waals surface area contributed by atoms with Crippen molar-refractivity contribution in [1.82, 2.24) is 5.32 Å². The van der Waals surface area contributed by atoms with Gasteiger partial charge in [-0.3, -0.25) is 0 Å². The molecule has 1 aromatic rings. The molecule has 0 bridgehead atoms. The molecule has 0 aliphatic heterocycles. The highest BCUT2D eigenvalue weighted by molar-refractivity contribution is 5.32. The highest BCUT2D eigenvalue weighted by atomic mass is 16.5. The first-order chi connectivity index (χ1) is 8.76. The van der Waals surface area contributed by atoms with E-state index in [9.17, 15) is 5.11 Å². The van der Waals surface area contributed by atoms with Crippen molar-refractivity contribution in [2.45, 2.75) is 12.5 Å². The lowest BCUT2D eigenvalue weighted by molar-refractivity contribution is 0.106. The van der Waals surface area contributed by atoms with Gasteiger partial charge in [-0.25, -0.2) is 0 Å². The minimum Gasteiger partial charge on any atom is -0.497 e. The number of rotatable bonds is 8. The minimum atomic E-state index is -0.561. The molecule has 18 heavy (non-hydrogen) atoms. The summed E-state index contributed by atoms with van der Waals surface area (Å²) in [6.45, 7) is 1.40. The van der Waals surface area contributed by atoms with Crippen molar-refractivity contribution >= 4 is 0 Å². The van der Waals surface area contributed by atoms with E-state index in [4.69, 9.17) is 15.9 Å². The lowest BCUT2D eigenvalue weighted by Gasteiger charge is -2.13. The van der Waals surface area contributed by atoms with E-state index < -0.39 is 6.10 Å². The maximum absolute atomic E-state index is 9.67. The zero-order valence-corrected chi connectivity index (χ0v) is 10.6. The van der Waals surface area contributed by atoms with Gasteiger partial charge in [0, 0.05) is 25.6 Å². The molecule has 2 N–H and O–H groups in total. The molecule has 4 heteroatoms. The van der Waals surface area contributed by atoms with Crippen molar-refractivity contribution < 1.29 is 14.6 Å². The maximum Gasteiger partial charge on any atom is 0.123 e. The lowest BCUT2D eigenvalue weighted by atomic mass is 10.3. The van der Waals surface area contributed by atoms with Crippen LogP contribution in [-0.4, -0.2) is 38.0 Å². The third-order valence-corrected chi connectivity index (χ3v) is 2.31. The van der Waals surface area contributed by atoms with E-state index >= 15 is 0 Å². The van der Waals surface area contributed by atoms with Crippen LogP contribution in [0.4, 0.5) is 0 Å². The third-order valence-electron chi connectivity index (χ3n) is 2.31. The van der Waals surface area contributed by atoms with Gasteiger partial charge in [0.25, 0.3) is 0 Å². The first kappa shape index (κ1) is 14.4. The number of benzene rings is 1. The highest BCUT2D eigenvalue weighted by Crippen LogP contribution is 2.18. The van der Waals surface area contributed by atoms with E-state index in [0.29, 0.717) is 25.3 Å². The average Bonchev–Trinajstić information content (AvgIpc) is 2.41. The fourth-order valence-corrected chi connectivity index (χ4v) is 1.37. The van der Waals surface area contributed by atoms with Crippen LogP contribution < -0.4 is 14.8 Å². The fourth-order valence-electron chi connectivity index (χ4n) is 1.37. The van der Waals surface area contributed by atoms with Gasteiger partial charge in [0.2, 0.25) is 0 Å². The van der Waals surface area contributed by atoms with Gasteiger partial charge in [0.05, 0.1) is 7.11 Å². The van der Waals surface area contributed by atoms with Crippen LogP contribution in [0, 0.1) is 12.3 Å². The Morgan fingerprint density at radius 2 is 2.22 bits per heavy atom. The van der Waals surface area contributed by atoms with Crippen LogP contribution in [0.3, 0.4) is 0 Å². The summed E-state index contributed by atoms with van der Waals surface area (Å²) in [5, 5.41) is 12.7. The molecule has 0 aliphatic carbocycles. The van der Waals surface area contributed by atoms with Crippen LogP contribution in [0.15, 0.2) is 24.3 Å². The molecule has 0 radical (unpaired) electrons. The van der Waals surface area contributed by atoms with E-state index in [1.807, 2.05) is 18.2 Å². The third kappa shape index (κ3) is 5.58. The summed E-state index contributed by atoms with van der Waals surface area (Å²) in [6, 6.07) is 7.27. The van der Waals surface area contributed by atoms with Gasteiger partial charge in [0.1, 0.15) is 24.2 Å². The maximum atomic E-state index is 9.67. The van der Waals surface area contributed by atoms with E-state index in [1.54, 1.807) is 13.2 Å². The Balaban J connectivity index is 2.24. The number of nitrogens with one attached hydrogen (secondary N) is 1. The summed E-state index contributed by atoms with van der Waals surface area (Å²) in [6.07, 6.45) is 5.21. The topological polar surface area (TPSA) is 50.7 Å². The molecule has 0 saturated heterocycles. The minimum absolute atomic E-state index is 0.232. The SMILES string of the molecule is C#CCCNCC(O)COc1cccc(OC)c1. The quantitative estimate of drug-likeness (QED) is 0.534. The molecule has 0 spiro atoms. The molecular formula is C14H19NO3. The van der Waals surface area contributed by atoms with Crippen molar-refractivity contribution in [1.29, 1.82) is 0 Å². The Morgan fingerprint density at radius 3 is 2.94 bits per heavy atom. The summed E-state index contributed by atoms with van der Waals surface area (Å²) in [7, 11) is 1.60. The van der Waals surface area contributed by atoms with Gasteiger partial charge in [-0.2, -0.15) is 0 Å². The van der Waals surface area contributed by atoms with Crippen LogP contribution in [0.2, 0.25) is 0 Å². The van der Waals surface area contributed by atoms with Crippen molar-refractivity contribution in [3.63, 3.8) is 0 Å². The van der Waals surface area contributed by atoms with E-state index in [-0.39, 0.29) is 6.61 Å².